The summed E-state index contributed by atoms with van der Waals surface area (Å²) in [5.41, 5.74) is 1.69. The first kappa shape index (κ1) is 29.3. The first-order chi connectivity index (χ1) is 18.4. The van der Waals surface area contributed by atoms with E-state index in [2.05, 4.69) is 5.32 Å². The van der Waals surface area contributed by atoms with E-state index in [0.717, 1.165) is 23.3 Å². The molecule has 3 rings (SSSR count). The molecule has 1 N–H and O–H groups in total. The van der Waals surface area contributed by atoms with Gasteiger partial charge in [0.2, 0.25) is 11.8 Å². The summed E-state index contributed by atoms with van der Waals surface area (Å²) in [5, 5.41) is 3.93. The zero-order valence-electron chi connectivity index (χ0n) is 21.8. The van der Waals surface area contributed by atoms with Gasteiger partial charge in [0.05, 0.1) is 13.7 Å². The molecule has 0 aliphatic carbocycles. The average Bonchev–Trinajstić information content (AvgIpc) is 2.93. The minimum atomic E-state index is -0.703. The molecule has 6 nitrogen and oxygen atoms in total. The largest absolute Gasteiger partial charge is 0.497 e. The van der Waals surface area contributed by atoms with Gasteiger partial charge in [0, 0.05) is 36.0 Å². The molecule has 3 aromatic carbocycles. The Bertz CT molecular complexity index is 1170. The van der Waals surface area contributed by atoms with E-state index < -0.39 is 6.04 Å². The monoisotopic (exact) mass is 556 g/mol. The molecule has 202 valence electrons. The van der Waals surface area contributed by atoms with Crippen LogP contribution in [0.2, 0.25) is 10.0 Å². The van der Waals surface area contributed by atoms with Crippen molar-refractivity contribution in [1.82, 2.24) is 10.2 Å². The summed E-state index contributed by atoms with van der Waals surface area (Å²) < 4.78 is 11.0. The number of ether oxygens (including phenoxy) is 2. The van der Waals surface area contributed by atoms with E-state index in [9.17, 15) is 9.59 Å². The maximum absolute atomic E-state index is 13.6. The third-order valence-electron chi connectivity index (χ3n) is 6.04. The van der Waals surface area contributed by atoms with E-state index in [1.165, 1.54) is 0 Å². The van der Waals surface area contributed by atoms with Gasteiger partial charge in [-0.25, -0.2) is 0 Å². The van der Waals surface area contributed by atoms with Crippen LogP contribution in [-0.2, 0) is 22.6 Å². The molecule has 1 atom stereocenters. The predicted molar refractivity (Wildman–Crippen MR) is 152 cm³/mol. The lowest BCUT2D eigenvalue weighted by atomic mass is 10.0. The summed E-state index contributed by atoms with van der Waals surface area (Å²) in [7, 11) is 1.61. The molecule has 0 aliphatic heterocycles. The van der Waals surface area contributed by atoms with Crippen LogP contribution in [0.25, 0.3) is 0 Å². The SMILES string of the molecule is CCCNC(=O)C(Cc1ccccc1)N(Cc1ccc(Cl)cc1Cl)C(=O)CCCOc1ccc(OC)cc1. The van der Waals surface area contributed by atoms with Crippen LogP contribution in [0.4, 0.5) is 0 Å². The summed E-state index contributed by atoms with van der Waals surface area (Å²) in [6.45, 7) is 3.07. The highest BCUT2D eigenvalue weighted by molar-refractivity contribution is 6.35. The molecule has 0 saturated heterocycles. The number of methoxy groups -OCH3 is 1. The van der Waals surface area contributed by atoms with Gasteiger partial charge >= 0.3 is 0 Å². The Morgan fingerprint density at radius 2 is 1.68 bits per heavy atom. The number of carbonyl (C=O) groups is 2. The Labute approximate surface area is 234 Å². The maximum atomic E-state index is 13.6. The van der Waals surface area contributed by atoms with Crippen LogP contribution >= 0.6 is 23.2 Å². The number of nitrogens with zero attached hydrogens (tertiary/aromatic N) is 1. The molecule has 0 aromatic heterocycles. The lowest BCUT2D eigenvalue weighted by Crippen LogP contribution is -2.50. The van der Waals surface area contributed by atoms with Gasteiger partial charge in [-0.1, -0.05) is 66.5 Å². The van der Waals surface area contributed by atoms with Gasteiger partial charge in [-0.05, 0) is 60.4 Å². The van der Waals surface area contributed by atoms with E-state index in [0.29, 0.717) is 41.8 Å². The van der Waals surface area contributed by atoms with Crippen molar-refractivity contribution < 1.29 is 19.1 Å². The number of halogens is 2. The molecular weight excluding hydrogens is 523 g/mol. The molecule has 1 unspecified atom stereocenters. The smallest absolute Gasteiger partial charge is 0.243 e. The Morgan fingerprint density at radius 1 is 0.974 bits per heavy atom. The fourth-order valence-corrected chi connectivity index (χ4v) is 4.45. The van der Waals surface area contributed by atoms with Crippen LogP contribution in [0.1, 0.15) is 37.3 Å². The normalized spacial score (nSPS) is 11.5. The van der Waals surface area contributed by atoms with Crippen molar-refractivity contribution >= 4 is 35.0 Å². The van der Waals surface area contributed by atoms with E-state index >= 15 is 0 Å². The average molecular weight is 558 g/mol. The van der Waals surface area contributed by atoms with Crippen molar-refractivity contribution in [2.24, 2.45) is 0 Å². The Balaban J connectivity index is 1.78. The Hall–Kier alpha value is -3.22. The second kappa shape index (κ2) is 15.3. The lowest BCUT2D eigenvalue weighted by Gasteiger charge is -2.32. The molecule has 3 aromatic rings. The number of nitrogens with one attached hydrogen (secondary N) is 1. The van der Waals surface area contributed by atoms with E-state index in [-0.39, 0.29) is 24.8 Å². The summed E-state index contributed by atoms with van der Waals surface area (Å²) >= 11 is 12.6. The molecule has 0 aliphatic rings. The van der Waals surface area contributed by atoms with Crippen molar-refractivity contribution in [1.29, 1.82) is 0 Å². The fourth-order valence-electron chi connectivity index (χ4n) is 3.98. The molecular formula is C30H34Cl2N2O4. The van der Waals surface area contributed by atoms with Gasteiger partial charge in [0.1, 0.15) is 17.5 Å². The van der Waals surface area contributed by atoms with Crippen molar-refractivity contribution in [3.05, 3.63) is 94.0 Å². The van der Waals surface area contributed by atoms with Crippen molar-refractivity contribution in [2.75, 3.05) is 20.3 Å². The Kier molecular flexibility index (Phi) is 11.8. The minimum Gasteiger partial charge on any atom is -0.497 e. The zero-order valence-corrected chi connectivity index (χ0v) is 23.3. The van der Waals surface area contributed by atoms with Crippen LogP contribution in [0.3, 0.4) is 0 Å². The Morgan fingerprint density at radius 3 is 2.34 bits per heavy atom. The maximum Gasteiger partial charge on any atom is 0.243 e. The van der Waals surface area contributed by atoms with Gasteiger partial charge in [0.25, 0.3) is 0 Å². The lowest BCUT2D eigenvalue weighted by molar-refractivity contribution is -0.141. The standard InChI is InChI=1S/C30H34Cl2N2O4/c1-3-17-33-30(36)28(19-22-8-5-4-6-9-22)34(21-23-11-12-24(31)20-27(23)32)29(35)10-7-18-38-26-15-13-25(37-2)14-16-26/h4-6,8-9,11-16,20,28H,3,7,10,17-19,21H2,1-2H3,(H,33,36). The second-order valence-corrected chi connectivity index (χ2v) is 9.73. The highest BCUT2D eigenvalue weighted by atomic mass is 35.5. The first-order valence-electron chi connectivity index (χ1n) is 12.7. The van der Waals surface area contributed by atoms with Crippen molar-refractivity contribution in [3.63, 3.8) is 0 Å². The summed E-state index contributed by atoms with van der Waals surface area (Å²) in [4.78, 5) is 28.6. The third kappa shape index (κ3) is 8.96. The molecule has 2 amide bonds. The molecule has 0 fully saturated rings. The van der Waals surface area contributed by atoms with E-state index in [1.54, 1.807) is 30.2 Å². The molecule has 38 heavy (non-hydrogen) atoms. The number of hydrogen-bond acceptors (Lipinski definition) is 4. The number of rotatable bonds is 14. The zero-order chi connectivity index (χ0) is 27.3. The van der Waals surface area contributed by atoms with Crippen LogP contribution in [0.15, 0.2) is 72.8 Å². The van der Waals surface area contributed by atoms with Crippen LogP contribution in [0.5, 0.6) is 11.5 Å². The molecule has 0 saturated carbocycles. The minimum absolute atomic E-state index is 0.151. The van der Waals surface area contributed by atoms with Gasteiger partial charge in [-0.3, -0.25) is 9.59 Å². The molecule has 0 spiro atoms. The van der Waals surface area contributed by atoms with Crippen molar-refractivity contribution in [2.45, 2.75) is 45.2 Å². The van der Waals surface area contributed by atoms with E-state index in [1.807, 2.05) is 61.5 Å². The van der Waals surface area contributed by atoms with Gasteiger partial charge in [0.15, 0.2) is 0 Å². The molecule has 0 radical (unpaired) electrons. The summed E-state index contributed by atoms with van der Waals surface area (Å²) in [6, 6.07) is 21.5. The molecule has 0 heterocycles. The number of hydrogen-bond donors (Lipinski definition) is 1. The second-order valence-electron chi connectivity index (χ2n) is 8.88. The van der Waals surface area contributed by atoms with Crippen molar-refractivity contribution in [3.8, 4) is 11.5 Å². The third-order valence-corrected chi connectivity index (χ3v) is 6.63. The quantitative estimate of drug-likeness (QED) is 0.236. The number of carbonyl (C=O) groups excluding carboxylic acids is 2. The van der Waals surface area contributed by atoms with Gasteiger partial charge in [-0.2, -0.15) is 0 Å². The summed E-state index contributed by atoms with van der Waals surface area (Å²) in [5.74, 6) is 1.10. The van der Waals surface area contributed by atoms with Crippen LogP contribution in [-0.4, -0.2) is 43.0 Å². The van der Waals surface area contributed by atoms with Gasteiger partial charge < -0.3 is 19.7 Å². The van der Waals surface area contributed by atoms with Crippen LogP contribution < -0.4 is 14.8 Å². The number of amides is 2. The van der Waals surface area contributed by atoms with E-state index in [4.69, 9.17) is 32.7 Å². The van der Waals surface area contributed by atoms with Crippen LogP contribution in [0, 0.1) is 0 Å². The highest BCUT2D eigenvalue weighted by Gasteiger charge is 2.30. The summed E-state index contributed by atoms with van der Waals surface area (Å²) in [6.07, 6.45) is 1.89. The number of benzene rings is 3. The fraction of sp³-hybridized carbons (Fsp3) is 0.333. The highest BCUT2D eigenvalue weighted by Crippen LogP contribution is 2.25. The predicted octanol–water partition coefficient (Wildman–Crippen LogP) is 6.33. The molecule has 0 bridgehead atoms. The molecule has 8 heteroatoms. The first-order valence-corrected chi connectivity index (χ1v) is 13.5. The van der Waals surface area contributed by atoms with Gasteiger partial charge in [-0.15, -0.1) is 0 Å². The topological polar surface area (TPSA) is 67.9 Å².